The Kier molecular flexibility index (Phi) is 4.61. The van der Waals surface area contributed by atoms with Gasteiger partial charge in [-0.15, -0.1) is 11.6 Å². The van der Waals surface area contributed by atoms with Gasteiger partial charge in [0, 0.05) is 6.92 Å². The van der Waals surface area contributed by atoms with Gasteiger partial charge in [-0.25, -0.2) is 0 Å². The SMILES string of the molecule is COC(=O)C(Cl)COC(C)=O. The lowest BCUT2D eigenvalue weighted by atomic mass is 10.4. The highest BCUT2D eigenvalue weighted by atomic mass is 35.5. The molecule has 0 N–H and O–H groups in total. The molecular weight excluding hydrogens is 172 g/mol. The largest absolute Gasteiger partial charge is 0.468 e. The molecule has 1 unspecified atom stereocenters. The summed E-state index contributed by atoms with van der Waals surface area (Å²) in [5.41, 5.74) is 0. The van der Waals surface area contributed by atoms with Crippen molar-refractivity contribution < 1.29 is 19.1 Å². The fraction of sp³-hybridized carbons (Fsp3) is 0.667. The first-order valence-electron chi connectivity index (χ1n) is 2.93. The molecule has 0 aromatic rings. The highest BCUT2D eigenvalue weighted by Gasteiger charge is 2.16. The second kappa shape index (κ2) is 4.96. The van der Waals surface area contributed by atoms with E-state index < -0.39 is 17.3 Å². The number of carbonyl (C=O) groups is 2. The van der Waals surface area contributed by atoms with Gasteiger partial charge < -0.3 is 9.47 Å². The fourth-order valence-corrected chi connectivity index (χ4v) is 0.539. The molecule has 0 saturated heterocycles. The van der Waals surface area contributed by atoms with Crippen LogP contribution >= 0.6 is 11.6 Å². The van der Waals surface area contributed by atoms with E-state index in [1.165, 1.54) is 14.0 Å². The highest BCUT2D eigenvalue weighted by Crippen LogP contribution is 1.98. The molecule has 0 aromatic heterocycles. The number of halogens is 1. The molecule has 0 bridgehead atoms. The molecule has 11 heavy (non-hydrogen) atoms. The quantitative estimate of drug-likeness (QED) is 0.464. The van der Waals surface area contributed by atoms with Crippen LogP contribution in [0.1, 0.15) is 6.92 Å². The van der Waals surface area contributed by atoms with Crippen LogP contribution in [-0.4, -0.2) is 31.0 Å². The van der Waals surface area contributed by atoms with Gasteiger partial charge in [0.05, 0.1) is 7.11 Å². The number of rotatable bonds is 3. The summed E-state index contributed by atoms with van der Waals surface area (Å²) >= 11 is 5.42. The average molecular weight is 181 g/mol. The standard InChI is InChI=1S/C6H9ClO4/c1-4(8)11-3-5(7)6(9)10-2/h5H,3H2,1-2H3. The van der Waals surface area contributed by atoms with E-state index in [4.69, 9.17) is 11.6 Å². The zero-order valence-corrected chi connectivity index (χ0v) is 7.05. The van der Waals surface area contributed by atoms with Gasteiger partial charge in [-0.1, -0.05) is 0 Å². The topological polar surface area (TPSA) is 52.6 Å². The average Bonchev–Trinajstić information content (AvgIpc) is 1.98. The molecule has 0 aliphatic rings. The van der Waals surface area contributed by atoms with Crippen LogP contribution in [0.15, 0.2) is 0 Å². The molecule has 64 valence electrons. The first-order chi connectivity index (χ1) is 5.07. The lowest BCUT2D eigenvalue weighted by Gasteiger charge is -2.05. The van der Waals surface area contributed by atoms with Gasteiger partial charge in [0.25, 0.3) is 0 Å². The Balaban J connectivity index is 3.60. The van der Waals surface area contributed by atoms with Crippen molar-refractivity contribution in [3.63, 3.8) is 0 Å². The number of esters is 2. The molecule has 4 nitrogen and oxygen atoms in total. The molecule has 0 saturated carbocycles. The number of hydrogen-bond acceptors (Lipinski definition) is 4. The Bertz CT molecular complexity index is 157. The molecule has 0 aliphatic heterocycles. The maximum atomic E-state index is 10.6. The third kappa shape index (κ3) is 4.61. The third-order valence-electron chi connectivity index (χ3n) is 0.890. The predicted molar refractivity (Wildman–Crippen MR) is 38.3 cm³/mol. The number of methoxy groups -OCH3 is 1. The smallest absolute Gasteiger partial charge is 0.327 e. The Hall–Kier alpha value is -0.770. The van der Waals surface area contributed by atoms with E-state index in [1.54, 1.807) is 0 Å². The Labute approximate surface area is 69.4 Å². The van der Waals surface area contributed by atoms with E-state index in [-0.39, 0.29) is 6.61 Å². The van der Waals surface area contributed by atoms with Crippen LogP contribution < -0.4 is 0 Å². The van der Waals surface area contributed by atoms with Crippen LogP contribution in [0.25, 0.3) is 0 Å². The van der Waals surface area contributed by atoms with Crippen LogP contribution in [-0.2, 0) is 19.1 Å². The van der Waals surface area contributed by atoms with Crippen molar-refractivity contribution >= 4 is 23.5 Å². The lowest BCUT2D eigenvalue weighted by Crippen LogP contribution is -2.22. The minimum absolute atomic E-state index is 0.149. The minimum Gasteiger partial charge on any atom is -0.468 e. The normalized spacial score (nSPS) is 11.9. The Morgan fingerprint density at radius 3 is 2.45 bits per heavy atom. The molecule has 0 fully saturated rings. The third-order valence-corrected chi connectivity index (χ3v) is 1.19. The van der Waals surface area contributed by atoms with Gasteiger partial charge in [-0.3, -0.25) is 9.59 Å². The van der Waals surface area contributed by atoms with Crippen molar-refractivity contribution in [2.45, 2.75) is 12.3 Å². The molecular formula is C6H9ClO4. The van der Waals surface area contributed by atoms with Crippen LogP contribution in [0.3, 0.4) is 0 Å². The Morgan fingerprint density at radius 2 is 2.09 bits per heavy atom. The molecule has 0 heterocycles. The van der Waals surface area contributed by atoms with E-state index >= 15 is 0 Å². The van der Waals surface area contributed by atoms with Crippen molar-refractivity contribution in [3.8, 4) is 0 Å². The highest BCUT2D eigenvalue weighted by molar-refractivity contribution is 6.30. The number of alkyl halides is 1. The van der Waals surface area contributed by atoms with Crippen molar-refractivity contribution in [3.05, 3.63) is 0 Å². The van der Waals surface area contributed by atoms with Gasteiger partial charge in [-0.05, 0) is 0 Å². The summed E-state index contributed by atoms with van der Waals surface area (Å²) in [6.07, 6.45) is 0. The number of carbonyl (C=O) groups excluding carboxylic acids is 2. The minimum atomic E-state index is -0.913. The van der Waals surface area contributed by atoms with Gasteiger partial charge >= 0.3 is 11.9 Å². The van der Waals surface area contributed by atoms with Crippen LogP contribution in [0.5, 0.6) is 0 Å². The van der Waals surface area contributed by atoms with Crippen LogP contribution in [0.4, 0.5) is 0 Å². The first-order valence-corrected chi connectivity index (χ1v) is 3.36. The van der Waals surface area contributed by atoms with Crippen molar-refractivity contribution in [1.29, 1.82) is 0 Å². The molecule has 0 aromatic carbocycles. The molecule has 0 radical (unpaired) electrons. The second-order valence-corrected chi connectivity index (χ2v) is 2.32. The monoisotopic (exact) mass is 180 g/mol. The van der Waals surface area contributed by atoms with E-state index in [9.17, 15) is 9.59 Å². The number of hydrogen-bond donors (Lipinski definition) is 0. The van der Waals surface area contributed by atoms with Crippen molar-refractivity contribution in [2.75, 3.05) is 13.7 Å². The molecule has 5 heteroatoms. The second-order valence-electron chi connectivity index (χ2n) is 1.79. The number of ether oxygens (including phenoxy) is 2. The van der Waals surface area contributed by atoms with E-state index in [0.29, 0.717) is 0 Å². The maximum Gasteiger partial charge on any atom is 0.327 e. The van der Waals surface area contributed by atoms with Crippen molar-refractivity contribution in [2.24, 2.45) is 0 Å². The summed E-state index contributed by atoms with van der Waals surface area (Å²) in [5.74, 6) is -1.08. The molecule has 0 spiro atoms. The van der Waals surface area contributed by atoms with Crippen LogP contribution in [0.2, 0.25) is 0 Å². The summed E-state index contributed by atoms with van der Waals surface area (Å²) in [6, 6.07) is 0. The lowest BCUT2D eigenvalue weighted by molar-refractivity contribution is -0.145. The fourth-order valence-electron chi connectivity index (χ4n) is 0.386. The van der Waals surface area contributed by atoms with Gasteiger partial charge in [-0.2, -0.15) is 0 Å². The zero-order chi connectivity index (χ0) is 8.85. The Morgan fingerprint density at radius 1 is 1.55 bits per heavy atom. The van der Waals surface area contributed by atoms with Gasteiger partial charge in [0.2, 0.25) is 0 Å². The van der Waals surface area contributed by atoms with E-state index in [2.05, 4.69) is 9.47 Å². The first kappa shape index (κ1) is 10.2. The van der Waals surface area contributed by atoms with Crippen molar-refractivity contribution in [1.82, 2.24) is 0 Å². The predicted octanol–water partition coefficient (Wildman–Crippen LogP) is 0.330. The maximum absolute atomic E-state index is 10.6. The van der Waals surface area contributed by atoms with Crippen LogP contribution in [0, 0.1) is 0 Å². The summed E-state index contributed by atoms with van der Waals surface area (Å²) in [7, 11) is 1.21. The molecule has 0 aliphatic carbocycles. The summed E-state index contributed by atoms with van der Waals surface area (Å²) in [4.78, 5) is 20.8. The molecule has 0 amide bonds. The molecule has 0 rings (SSSR count). The van der Waals surface area contributed by atoms with Gasteiger partial charge in [0.15, 0.2) is 5.38 Å². The summed E-state index contributed by atoms with van der Waals surface area (Å²) in [6.45, 7) is 1.09. The van der Waals surface area contributed by atoms with E-state index in [0.717, 1.165) is 0 Å². The van der Waals surface area contributed by atoms with Gasteiger partial charge in [0.1, 0.15) is 6.61 Å². The van der Waals surface area contributed by atoms with E-state index in [1.807, 2.05) is 0 Å². The summed E-state index contributed by atoms with van der Waals surface area (Å²) in [5, 5.41) is -0.913. The molecule has 1 atom stereocenters. The zero-order valence-electron chi connectivity index (χ0n) is 6.30. The summed E-state index contributed by atoms with van der Waals surface area (Å²) < 4.78 is 8.74.